The number of nitrogens with zero attached hydrogens (tertiary/aromatic N) is 3. The molecule has 1 aromatic heterocycles. The predicted molar refractivity (Wildman–Crippen MR) is 107 cm³/mol. The number of amides is 1. The maximum Gasteiger partial charge on any atom is 0.573 e. The normalized spacial score (nSPS) is 11.2. The molecule has 29 heavy (non-hydrogen) atoms. The van der Waals surface area contributed by atoms with Gasteiger partial charge in [0.15, 0.2) is 4.34 Å². The van der Waals surface area contributed by atoms with Crippen LogP contribution in [-0.2, 0) is 4.79 Å². The monoisotopic (exact) mass is 440 g/mol. The Kier molecular flexibility index (Phi) is 6.60. The highest BCUT2D eigenvalue weighted by Gasteiger charge is 2.30. The number of carbonyl (C=O) groups is 1. The van der Waals surface area contributed by atoms with Gasteiger partial charge in [0.1, 0.15) is 5.75 Å². The molecule has 3 rings (SSSR count). The zero-order valence-corrected chi connectivity index (χ0v) is 16.6. The molecule has 1 heterocycles. The standard InChI is InChI=1S/C18H15F3N4O2S2/c1-25(13-5-3-2-4-6-13)15(26)11-28-17-24-23-16(29-17)22-12-7-9-14(10-8-12)27-18(19,20)21/h2-10H,11H2,1H3,(H,22,23). The van der Waals surface area contributed by atoms with Crippen molar-refractivity contribution in [3.05, 3.63) is 54.6 Å². The third kappa shape index (κ3) is 6.36. The van der Waals surface area contributed by atoms with Crippen molar-refractivity contribution in [2.45, 2.75) is 10.7 Å². The van der Waals surface area contributed by atoms with E-state index < -0.39 is 6.36 Å². The molecule has 1 N–H and O–H groups in total. The first-order valence-corrected chi connectivity index (χ1v) is 10.0. The van der Waals surface area contributed by atoms with Gasteiger partial charge in [-0.2, -0.15) is 0 Å². The molecule has 0 aliphatic carbocycles. The van der Waals surface area contributed by atoms with Crippen LogP contribution in [0, 0.1) is 0 Å². The fraction of sp³-hybridized carbons (Fsp3) is 0.167. The van der Waals surface area contributed by atoms with Crippen molar-refractivity contribution >= 4 is 45.5 Å². The smallest absolute Gasteiger partial charge is 0.406 e. The van der Waals surface area contributed by atoms with Gasteiger partial charge in [0.2, 0.25) is 11.0 Å². The van der Waals surface area contributed by atoms with Crippen LogP contribution < -0.4 is 15.0 Å². The molecule has 0 spiro atoms. The van der Waals surface area contributed by atoms with Gasteiger partial charge < -0.3 is 15.0 Å². The van der Waals surface area contributed by atoms with E-state index in [1.54, 1.807) is 11.9 Å². The Bertz CT molecular complexity index is 950. The van der Waals surface area contributed by atoms with Gasteiger partial charge in [-0.1, -0.05) is 41.3 Å². The molecule has 3 aromatic rings. The van der Waals surface area contributed by atoms with Crippen LogP contribution >= 0.6 is 23.1 Å². The number of halogens is 3. The summed E-state index contributed by atoms with van der Waals surface area (Å²) in [4.78, 5) is 13.9. The number of hydrogen-bond acceptors (Lipinski definition) is 7. The zero-order valence-electron chi connectivity index (χ0n) is 15.0. The van der Waals surface area contributed by atoms with Crippen molar-refractivity contribution in [2.24, 2.45) is 0 Å². The summed E-state index contributed by atoms with van der Waals surface area (Å²) >= 11 is 2.50. The summed E-state index contributed by atoms with van der Waals surface area (Å²) < 4.78 is 41.0. The van der Waals surface area contributed by atoms with Crippen molar-refractivity contribution in [1.82, 2.24) is 10.2 Å². The lowest BCUT2D eigenvalue weighted by molar-refractivity contribution is -0.274. The average Bonchev–Trinajstić information content (AvgIpc) is 3.14. The van der Waals surface area contributed by atoms with Crippen LogP contribution in [0.1, 0.15) is 0 Å². The summed E-state index contributed by atoms with van der Waals surface area (Å²) in [5.74, 6) is -0.187. The minimum Gasteiger partial charge on any atom is -0.406 e. The molecule has 0 unspecified atom stereocenters. The molecule has 0 aliphatic rings. The number of thioether (sulfide) groups is 1. The second kappa shape index (κ2) is 9.14. The second-order valence-corrected chi connectivity index (χ2v) is 7.85. The highest BCUT2D eigenvalue weighted by molar-refractivity contribution is 8.01. The van der Waals surface area contributed by atoms with Crippen molar-refractivity contribution in [3.63, 3.8) is 0 Å². The number of aromatic nitrogens is 2. The second-order valence-electron chi connectivity index (χ2n) is 5.65. The molecule has 0 atom stereocenters. The van der Waals surface area contributed by atoms with Gasteiger partial charge in [-0.25, -0.2) is 0 Å². The van der Waals surface area contributed by atoms with Gasteiger partial charge in [0.05, 0.1) is 5.75 Å². The van der Waals surface area contributed by atoms with E-state index in [1.807, 2.05) is 30.3 Å². The molecule has 6 nitrogen and oxygen atoms in total. The van der Waals surface area contributed by atoms with Crippen LogP contribution in [0.15, 0.2) is 58.9 Å². The average molecular weight is 440 g/mol. The lowest BCUT2D eigenvalue weighted by atomic mass is 10.3. The van der Waals surface area contributed by atoms with E-state index in [0.29, 0.717) is 15.2 Å². The number of ether oxygens (including phenoxy) is 1. The number of benzene rings is 2. The molecule has 0 fully saturated rings. The van der Waals surface area contributed by atoms with E-state index >= 15 is 0 Å². The molecule has 0 aliphatic heterocycles. The molecule has 2 aromatic carbocycles. The number of carbonyl (C=O) groups excluding carboxylic acids is 1. The first kappa shape index (κ1) is 20.9. The topological polar surface area (TPSA) is 67.4 Å². The minimum absolute atomic E-state index is 0.0776. The largest absolute Gasteiger partial charge is 0.573 e. The molecule has 0 bridgehead atoms. The number of anilines is 3. The maximum atomic E-state index is 12.3. The van der Waals surface area contributed by atoms with Crippen LogP contribution in [0.3, 0.4) is 0 Å². The molecular weight excluding hydrogens is 425 g/mol. The number of para-hydroxylation sites is 1. The third-order valence-electron chi connectivity index (χ3n) is 3.58. The van der Waals surface area contributed by atoms with Crippen LogP contribution in [0.2, 0.25) is 0 Å². The fourth-order valence-corrected chi connectivity index (χ4v) is 3.88. The van der Waals surface area contributed by atoms with Crippen molar-refractivity contribution < 1.29 is 22.7 Å². The summed E-state index contributed by atoms with van der Waals surface area (Å²) in [5.41, 5.74) is 1.34. The van der Waals surface area contributed by atoms with Crippen LogP contribution in [0.25, 0.3) is 0 Å². The van der Waals surface area contributed by atoms with Crippen LogP contribution in [0.4, 0.5) is 29.7 Å². The Balaban J connectivity index is 1.52. The minimum atomic E-state index is -4.73. The summed E-state index contributed by atoms with van der Waals surface area (Å²) in [5, 5.41) is 11.4. The van der Waals surface area contributed by atoms with Crippen molar-refractivity contribution in [2.75, 3.05) is 23.0 Å². The molecule has 1 amide bonds. The SMILES string of the molecule is CN(C(=O)CSc1nnc(Nc2ccc(OC(F)(F)F)cc2)s1)c1ccccc1. The Morgan fingerprint density at radius 2 is 1.83 bits per heavy atom. The van der Waals surface area contributed by atoms with Crippen LogP contribution in [0.5, 0.6) is 5.75 Å². The molecular formula is C18H15F3N4O2S2. The summed E-state index contributed by atoms with van der Waals surface area (Å²) in [6.45, 7) is 0. The number of nitrogens with one attached hydrogen (secondary N) is 1. The fourth-order valence-electron chi connectivity index (χ4n) is 2.20. The van der Waals surface area contributed by atoms with E-state index in [1.165, 1.54) is 47.4 Å². The van der Waals surface area contributed by atoms with E-state index in [-0.39, 0.29) is 17.4 Å². The van der Waals surface area contributed by atoms with E-state index in [9.17, 15) is 18.0 Å². The Morgan fingerprint density at radius 1 is 1.14 bits per heavy atom. The Hall–Kier alpha value is -2.79. The number of hydrogen-bond donors (Lipinski definition) is 1. The predicted octanol–water partition coefficient (Wildman–Crippen LogP) is 4.94. The summed E-state index contributed by atoms with van der Waals surface area (Å²) in [6, 6.07) is 14.6. The van der Waals surface area contributed by atoms with Crippen molar-refractivity contribution in [1.29, 1.82) is 0 Å². The highest BCUT2D eigenvalue weighted by Crippen LogP contribution is 2.29. The lowest BCUT2D eigenvalue weighted by Gasteiger charge is -2.16. The first-order chi connectivity index (χ1) is 13.8. The summed E-state index contributed by atoms with van der Waals surface area (Å²) in [6.07, 6.45) is -4.73. The Morgan fingerprint density at radius 3 is 2.48 bits per heavy atom. The van der Waals surface area contributed by atoms with Gasteiger partial charge in [0, 0.05) is 18.4 Å². The zero-order chi connectivity index (χ0) is 20.9. The molecule has 11 heteroatoms. The van der Waals surface area contributed by atoms with Gasteiger partial charge in [-0.3, -0.25) is 4.79 Å². The summed E-state index contributed by atoms with van der Waals surface area (Å²) in [7, 11) is 1.71. The van der Waals surface area contributed by atoms with Gasteiger partial charge in [-0.05, 0) is 36.4 Å². The number of rotatable bonds is 7. The third-order valence-corrected chi connectivity index (χ3v) is 5.54. The maximum absolute atomic E-state index is 12.3. The first-order valence-electron chi connectivity index (χ1n) is 8.21. The van der Waals surface area contributed by atoms with Crippen molar-refractivity contribution in [3.8, 4) is 5.75 Å². The Labute approximate surface area is 172 Å². The molecule has 0 saturated heterocycles. The number of alkyl halides is 3. The molecule has 0 saturated carbocycles. The quantitative estimate of drug-likeness (QED) is 0.525. The van der Waals surface area contributed by atoms with Crippen LogP contribution in [-0.4, -0.2) is 35.3 Å². The van der Waals surface area contributed by atoms with Gasteiger partial charge in [-0.15, -0.1) is 23.4 Å². The van der Waals surface area contributed by atoms with E-state index in [4.69, 9.17) is 0 Å². The van der Waals surface area contributed by atoms with E-state index in [2.05, 4.69) is 20.3 Å². The van der Waals surface area contributed by atoms with Gasteiger partial charge >= 0.3 is 6.36 Å². The lowest BCUT2D eigenvalue weighted by Crippen LogP contribution is -2.27. The van der Waals surface area contributed by atoms with E-state index in [0.717, 1.165) is 5.69 Å². The molecule has 152 valence electrons. The molecule has 0 radical (unpaired) electrons. The highest BCUT2D eigenvalue weighted by atomic mass is 32.2. The van der Waals surface area contributed by atoms with Gasteiger partial charge in [0.25, 0.3) is 0 Å².